The highest BCUT2D eigenvalue weighted by Gasteiger charge is 2.24. The number of carbonyl (C=O) groups is 1. The van der Waals surface area contributed by atoms with Crippen LogP contribution in [0.2, 0.25) is 5.02 Å². The van der Waals surface area contributed by atoms with E-state index in [4.69, 9.17) is 11.6 Å². The zero-order chi connectivity index (χ0) is 14.9. The molecule has 0 bridgehead atoms. The Labute approximate surface area is 120 Å². The summed E-state index contributed by atoms with van der Waals surface area (Å²) < 4.78 is 1.38. The molecule has 0 aliphatic carbocycles. The molecule has 1 heterocycles. The quantitative estimate of drug-likeness (QED) is 0.901. The Hall–Kier alpha value is -1.92. The van der Waals surface area contributed by atoms with E-state index in [1.165, 1.54) is 4.68 Å². The third-order valence-electron chi connectivity index (χ3n) is 2.59. The third kappa shape index (κ3) is 3.15. The lowest BCUT2D eigenvalue weighted by Gasteiger charge is -2.18. The van der Waals surface area contributed by atoms with Gasteiger partial charge in [0.25, 0.3) is 0 Å². The van der Waals surface area contributed by atoms with Gasteiger partial charge < -0.3 is 10.2 Å². The maximum Gasteiger partial charge on any atom is 0.358 e. The second kappa shape index (κ2) is 5.22. The van der Waals surface area contributed by atoms with Gasteiger partial charge in [0, 0.05) is 10.6 Å². The Morgan fingerprint density at radius 3 is 2.45 bits per heavy atom. The second-order valence-electron chi connectivity index (χ2n) is 5.07. The molecule has 1 aromatic heterocycles. The van der Waals surface area contributed by atoms with Crippen molar-refractivity contribution in [2.24, 2.45) is 0 Å². The summed E-state index contributed by atoms with van der Waals surface area (Å²) in [5.74, 6) is -1.17. The molecule has 6 nitrogen and oxygen atoms in total. The molecule has 2 aromatic rings. The lowest BCUT2D eigenvalue weighted by molar-refractivity contribution is 0.0575. The number of aromatic carboxylic acids is 1. The van der Waals surface area contributed by atoms with E-state index >= 15 is 0 Å². The first-order chi connectivity index (χ1) is 9.28. The van der Waals surface area contributed by atoms with Gasteiger partial charge in [-0.3, -0.25) is 0 Å². The number of nitrogens with zero attached hydrogens (tertiary/aromatic N) is 3. The average Bonchev–Trinajstić information content (AvgIpc) is 2.71. The van der Waals surface area contributed by atoms with Crippen LogP contribution in [0, 0.1) is 0 Å². The van der Waals surface area contributed by atoms with Crippen molar-refractivity contribution in [1.29, 1.82) is 0 Å². The minimum absolute atomic E-state index is 0.130. The van der Waals surface area contributed by atoms with E-state index in [9.17, 15) is 15.0 Å². The van der Waals surface area contributed by atoms with E-state index < -0.39 is 11.6 Å². The van der Waals surface area contributed by atoms with Gasteiger partial charge in [-0.05, 0) is 26.0 Å². The summed E-state index contributed by atoms with van der Waals surface area (Å²) in [5, 5.41) is 27.1. The lowest BCUT2D eigenvalue weighted by Crippen LogP contribution is -2.27. The van der Waals surface area contributed by atoms with Crippen molar-refractivity contribution in [2.75, 3.05) is 0 Å². The van der Waals surface area contributed by atoms with Crippen molar-refractivity contribution in [1.82, 2.24) is 15.0 Å². The van der Waals surface area contributed by atoms with Gasteiger partial charge in [-0.2, -0.15) is 0 Å². The predicted octanol–water partition coefficient (Wildman–Crippen LogP) is 2.07. The molecule has 0 saturated carbocycles. The first-order valence-corrected chi connectivity index (χ1v) is 6.31. The molecule has 106 valence electrons. The van der Waals surface area contributed by atoms with Crippen molar-refractivity contribution in [2.45, 2.75) is 26.0 Å². The third-order valence-corrected chi connectivity index (χ3v) is 2.84. The summed E-state index contributed by atoms with van der Waals surface area (Å²) in [4.78, 5) is 11.2. The Morgan fingerprint density at radius 1 is 1.35 bits per heavy atom. The van der Waals surface area contributed by atoms with Crippen LogP contribution >= 0.6 is 11.6 Å². The number of benzene rings is 1. The number of carboxylic acids is 1. The molecule has 0 aliphatic heterocycles. The van der Waals surface area contributed by atoms with Gasteiger partial charge in [-0.1, -0.05) is 28.9 Å². The number of rotatable bonds is 4. The first-order valence-electron chi connectivity index (χ1n) is 5.93. The topological polar surface area (TPSA) is 88.2 Å². The number of aliphatic hydroxyl groups is 1. The van der Waals surface area contributed by atoms with Crippen molar-refractivity contribution in [3.8, 4) is 11.3 Å². The molecule has 0 radical (unpaired) electrons. The van der Waals surface area contributed by atoms with Gasteiger partial charge >= 0.3 is 5.97 Å². The smallest absolute Gasteiger partial charge is 0.358 e. The Kier molecular flexibility index (Phi) is 3.78. The van der Waals surface area contributed by atoms with Crippen LogP contribution in [0.3, 0.4) is 0 Å². The van der Waals surface area contributed by atoms with E-state index in [1.807, 2.05) is 0 Å². The SMILES string of the molecule is CC(C)(O)Cn1nnc(C(=O)O)c1-c1ccc(Cl)cc1. The van der Waals surface area contributed by atoms with Crippen molar-refractivity contribution >= 4 is 17.6 Å². The molecule has 7 heteroatoms. The van der Waals surface area contributed by atoms with E-state index in [0.29, 0.717) is 16.3 Å². The Bertz CT molecular complexity index is 629. The molecule has 0 atom stereocenters. The van der Waals surface area contributed by atoms with Crippen LogP contribution in [0.15, 0.2) is 24.3 Å². The standard InChI is InChI=1S/C13H14ClN3O3/c1-13(2,20)7-17-11(10(12(18)19)15-16-17)8-3-5-9(14)6-4-8/h3-6,20H,7H2,1-2H3,(H,18,19). The highest BCUT2D eigenvalue weighted by Crippen LogP contribution is 2.25. The van der Waals surface area contributed by atoms with E-state index in [2.05, 4.69) is 10.3 Å². The van der Waals surface area contributed by atoms with E-state index in [0.717, 1.165) is 0 Å². The summed E-state index contributed by atoms with van der Waals surface area (Å²) in [6.07, 6.45) is 0. The van der Waals surface area contributed by atoms with Crippen LogP contribution in [0.5, 0.6) is 0 Å². The fourth-order valence-corrected chi connectivity index (χ4v) is 1.95. The zero-order valence-electron chi connectivity index (χ0n) is 11.0. The number of carboxylic acid groups (broad SMARTS) is 1. The largest absolute Gasteiger partial charge is 0.476 e. The second-order valence-corrected chi connectivity index (χ2v) is 5.51. The minimum atomic E-state index is -1.17. The Balaban J connectivity index is 2.55. The molecule has 0 saturated heterocycles. The molecule has 2 rings (SSSR count). The normalized spacial score (nSPS) is 11.6. The fraction of sp³-hybridized carbons (Fsp3) is 0.308. The molecule has 1 aromatic carbocycles. The predicted molar refractivity (Wildman–Crippen MR) is 73.7 cm³/mol. The maximum atomic E-state index is 11.2. The van der Waals surface area contributed by atoms with Crippen LogP contribution in [0.1, 0.15) is 24.3 Å². The van der Waals surface area contributed by atoms with Gasteiger partial charge in [-0.25, -0.2) is 9.48 Å². The molecule has 2 N–H and O–H groups in total. The average molecular weight is 296 g/mol. The van der Waals surface area contributed by atoms with Crippen LogP contribution in [0.4, 0.5) is 0 Å². The van der Waals surface area contributed by atoms with Gasteiger partial charge in [0.1, 0.15) is 5.69 Å². The number of hydrogen-bond donors (Lipinski definition) is 2. The molecule has 0 aliphatic rings. The number of hydrogen-bond acceptors (Lipinski definition) is 4. The number of aromatic nitrogens is 3. The van der Waals surface area contributed by atoms with Crippen molar-refractivity contribution in [3.63, 3.8) is 0 Å². The summed E-state index contributed by atoms with van der Waals surface area (Å²) >= 11 is 5.83. The molecule has 0 unspecified atom stereocenters. The van der Waals surface area contributed by atoms with Crippen LogP contribution in [0.25, 0.3) is 11.3 Å². The van der Waals surface area contributed by atoms with E-state index in [1.54, 1.807) is 38.1 Å². The highest BCUT2D eigenvalue weighted by atomic mass is 35.5. The van der Waals surface area contributed by atoms with Gasteiger partial charge in [0.05, 0.1) is 12.1 Å². The minimum Gasteiger partial charge on any atom is -0.476 e. The first kappa shape index (κ1) is 14.5. The van der Waals surface area contributed by atoms with Crippen molar-refractivity contribution < 1.29 is 15.0 Å². The molecule has 20 heavy (non-hydrogen) atoms. The maximum absolute atomic E-state index is 11.2. The van der Waals surface area contributed by atoms with Crippen LogP contribution < -0.4 is 0 Å². The molecule has 0 spiro atoms. The number of halogens is 1. The monoisotopic (exact) mass is 295 g/mol. The summed E-state index contributed by atoms with van der Waals surface area (Å²) in [6, 6.07) is 6.69. The molecular formula is C13H14ClN3O3. The van der Waals surface area contributed by atoms with Gasteiger partial charge in [0.2, 0.25) is 0 Å². The summed E-state index contributed by atoms with van der Waals surface area (Å²) in [6.45, 7) is 3.35. The highest BCUT2D eigenvalue weighted by molar-refractivity contribution is 6.30. The van der Waals surface area contributed by atoms with Gasteiger partial charge in [0.15, 0.2) is 5.69 Å². The summed E-state index contributed by atoms with van der Waals surface area (Å²) in [5.41, 5.74) is -0.223. The Morgan fingerprint density at radius 2 is 1.95 bits per heavy atom. The lowest BCUT2D eigenvalue weighted by atomic mass is 10.1. The summed E-state index contributed by atoms with van der Waals surface area (Å²) in [7, 11) is 0. The fourth-order valence-electron chi connectivity index (χ4n) is 1.83. The van der Waals surface area contributed by atoms with Crippen LogP contribution in [-0.4, -0.2) is 36.8 Å². The molecule has 0 amide bonds. The van der Waals surface area contributed by atoms with Gasteiger partial charge in [-0.15, -0.1) is 5.10 Å². The van der Waals surface area contributed by atoms with Crippen LogP contribution in [-0.2, 0) is 6.54 Å². The molecule has 0 fully saturated rings. The van der Waals surface area contributed by atoms with Crippen molar-refractivity contribution in [3.05, 3.63) is 35.0 Å². The van der Waals surface area contributed by atoms with E-state index in [-0.39, 0.29) is 12.2 Å². The zero-order valence-corrected chi connectivity index (χ0v) is 11.8. The molecular weight excluding hydrogens is 282 g/mol.